The highest BCUT2D eigenvalue weighted by Crippen LogP contribution is 2.20. The summed E-state index contributed by atoms with van der Waals surface area (Å²) in [5, 5.41) is 12.3. The number of allylic oxidation sites excluding steroid dienone is 5. The van der Waals surface area contributed by atoms with Crippen molar-refractivity contribution in [2.75, 3.05) is 11.5 Å². The summed E-state index contributed by atoms with van der Waals surface area (Å²) in [7, 11) is 0. The monoisotopic (exact) mass is 499 g/mol. The van der Waals surface area contributed by atoms with Crippen LogP contribution >= 0.6 is 11.8 Å². The van der Waals surface area contributed by atoms with E-state index in [4.69, 9.17) is 0 Å². The second-order valence-corrected chi connectivity index (χ2v) is 9.99. The van der Waals surface area contributed by atoms with E-state index in [0.717, 1.165) is 31.4 Å². The van der Waals surface area contributed by atoms with Crippen LogP contribution in [0.5, 0.6) is 0 Å². The van der Waals surface area contributed by atoms with Crippen molar-refractivity contribution in [2.24, 2.45) is 0 Å². The van der Waals surface area contributed by atoms with Crippen molar-refractivity contribution in [1.29, 1.82) is 0 Å². The molecule has 1 aliphatic rings. The van der Waals surface area contributed by atoms with Crippen molar-refractivity contribution >= 4 is 29.5 Å². The third-order valence-corrected chi connectivity index (χ3v) is 6.59. The number of nitrogens with one attached hydrogen (secondary N) is 3. The Labute approximate surface area is 212 Å². The van der Waals surface area contributed by atoms with E-state index in [1.165, 1.54) is 11.1 Å². The molecule has 0 fully saturated rings. The summed E-state index contributed by atoms with van der Waals surface area (Å²) < 4.78 is 0. The molecule has 1 unspecified atom stereocenters. The van der Waals surface area contributed by atoms with Crippen LogP contribution in [0.1, 0.15) is 64.4 Å². The van der Waals surface area contributed by atoms with E-state index in [1.54, 1.807) is 42.1 Å². The minimum atomic E-state index is -1.07. The molecule has 190 valence electrons. The summed E-state index contributed by atoms with van der Waals surface area (Å²) in [6.07, 6.45) is 10.0. The number of carboxylic acid groups (broad SMARTS) is 1. The molecule has 0 saturated carbocycles. The smallest absolute Gasteiger partial charge is 0.311 e. The number of hydrazine groups is 1. The van der Waals surface area contributed by atoms with Crippen molar-refractivity contribution in [2.45, 2.75) is 64.8 Å². The molecule has 0 saturated heterocycles. The zero-order valence-electron chi connectivity index (χ0n) is 20.8. The average molecular weight is 500 g/mol. The highest BCUT2D eigenvalue weighted by atomic mass is 32.2. The number of amides is 2. The summed E-state index contributed by atoms with van der Waals surface area (Å²) in [4.78, 5) is 37.0. The van der Waals surface area contributed by atoms with Crippen molar-refractivity contribution in [3.8, 4) is 0 Å². The van der Waals surface area contributed by atoms with Crippen molar-refractivity contribution < 1.29 is 19.5 Å². The zero-order chi connectivity index (χ0) is 25.6. The largest absolute Gasteiger partial charge is 0.481 e. The van der Waals surface area contributed by atoms with Crippen LogP contribution in [0.2, 0.25) is 0 Å². The molecular weight excluding hydrogens is 462 g/mol. The first-order valence-corrected chi connectivity index (χ1v) is 13.1. The van der Waals surface area contributed by atoms with E-state index in [1.807, 2.05) is 0 Å². The van der Waals surface area contributed by atoms with Crippen LogP contribution in [-0.4, -0.2) is 40.4 Å². The van der Waals surface area contributed by atoms with Gasteiger partial charge >= 0.3 is 5.97 Å². The SMILES string of the molecule is CC(C)=CCC/C(C)=C/CC/C1=C/CSC[C@H](NC(=O)CC(C(=O)O)c2ccccc2)C(=O)NN1. The molecule has 2 atom stereocenters. The van der Waals surface area contributed by atoms with Crippen LogP contribution in [-0.2, 0) is 14.4 Å². The number of thioether (sulfide) groups is 1. The van der Waals surface area contributed by atoms with Crippen LogP contribution in [0.4, 0.5) is 0 Å². The number of carboxylic acids is 1. The Kier molecular flexibility index (Phi) is 12.2. The van der Waals surface area contributed by atoms with Gasteiger partial charge in [-0.1, -0.05) is 59.7 Å². The number of hydrogen-bond acceptors (Lipinski definition) is 5. The molecule has 0 spiro atoms. The van der Waals surface area contributed by atoms with Gasteiger partial charge in [0.1, 0.15) is 6.04 Å². The molecule has 1 aromatic carbocycles. The molecule has 35 heavy (non-hydrogen) atoms. The summed E-state index contributed by atoms with van der Waals surface area (Å²) in [6, 6.07) is 7.89. The van der Waals surface area contributed by atoms with Gasteiger partial charge in [0.2, 0.25) is 5.91 Å². The molecular formula is C27H37N3O4S. The Morgan fingerprint density at radius 2 is 1.89 bits per heavy atom. The third kappa shape index (κ3) is 10.9. The lowest BCUT2D eigenvalue weighted by molar-refractivity contribution is -0.141. The maximum absolute atomic E-state index is 12.7. The molecule has 8 heteroatoms. The standard InChI is InChI=1S/C27H37N3O4S/c1-19(2)9-7-10-20(3)11-8-14-22-15-16-35-18-24(26(32)30-29-22)28-25(31)17-23(27(33)34)21-12-5-4-6-13-21/h4-6,9,11-13,15,23-24,29H,7-8,10,14,16-18H2,1-3H3,(H,28,31)(H,30,32)(H,33,34)/b20-11+,22-15-/t23?,24-/m0/s1. The van der Waals surface area contributed by atoms with E-state index in [0.29, 0.717) is 17.1 Å². The molecule has 2 rings (SSSR count). The van der Waals surface area contributed by atoms with Crippen molar-refractivity contribution in [3.63, 3.8) is 0 Å². The molecule has 0 radical (unpaired) electrons. The number of hydrogen-bond donors (Lipinski definition) is 4. The quantitative estimate of drug-likeness (QED) is 0.335. The normalized spacial score (nSPS) is 18.9. The number of carbonyl (C=O) groups excluding carboxylic acids is 2. The zero-order valence-corrected chi connectivity index (χ0v) is 21.6. The molecule has 4 N–H and O–H groups in total. The summed E-state index contributed by atoms with van der Waals surface area (Å²) in [5.41, 5.74) is 9.86. The molecule has 2 amide bonds. The first-order valence-electron chi connectivity index (χ1n) is 11.9. The van der Waals surface area contributed by atoms with Gasteiger partial charge in [0.05, 0.1) is 5.92 Å². The Morgan fingerprint density at radius 3 is 2.57 bits per heavy atom. The Balaban J connectivity index is 1.85. The Bertz CT molecular complexity index is 952. The highest BCUT2D eigenvalue weighted by Gasteiger charge is 2.27. The summed E-state index contributed by atoms with van der Waals surface area (Å²) >= 11 is 1.54. The highest BCUT2D eigenvalue weighted by molar-refractivity contribution is 7.99. The lowest BCUT2D eigenvalue weighted by Crippen LogP contribution is -2.51. The van der Waals surface area contributed by atoms with E-state index in [2.05, 4.69) is 55.2 Å². The third-order valence-electron chi connectivity index (χ3n) is 5.62. The molecule has 1 aliphatic heterocycles. The minimum Gasteiger partial charge on any atom is -0.481 e. The van der Waals surface area contributed by atoms with E-state index < -0.39 is 23.8 Å². The first-order chi connectivity index (χ1) is 16.8. The lowest BCUT2D eigenvalue weighted by atomic mass is 9.95. The molecule has 0 aliphatic carbocycles. The summed E-state index contributed by atoms with van der Waals surface area (Å²) in [5.74, 6) is -1.75. The van der Waals surface area contributed by atoms with Gasteiger partial charge in [-0.15, -0.1) is 0 Å². The van der Waals surface area contributed by atoms with Gasteiger partial charge < -0.3 is 15.8 Å². The summed E-state index contributed by atoms with van der Waals surface area (Å²) in [6.45, 7) is 6.35. The van der Waals surface area contributed by atoms with Gasteiger partial charge in [-0.05, 0) is 52.0 Å². The number of aliphatic carboxylic acids is 1. The average Bonchev–Trinajstić information content (AvgIpc) is 2.89. The number of carbonyl (C=O) groups is 3. The molecule has 1 heterocycles. The van der Waals surface area contributed by atoms with Gasteiger partial charge in [-0.25, -0.2) is 0 Å². The predicted molar refractivity (Wildman–Crippen MR) is 142 cm³/mol. The fraction of sp³-hybridized carbons (Fsp3) is 0.444. The number of benzene rings is 1. The Hall–Kier alpha value is -3.00. The van der Waals surface area contributed by atoms with Crippen LogP contribution in [0, 0.1) is 0 Å². The van der Waals surface area contributed by atoms with E-state index >= 15 is 0 Å². The topological polar surface area (TPSA) is 108 Å². The van der Waals surface area contributed by atoms with Crippen LogP contribution in [0.15, 0.2) is 65.4 Å². The fourth-order valence-electron chi connectivity index (χ4n) is 3.61. The second kappa shape index (κ2) is 15.1. The van der Waals surface area contributed by atoms with Gasteiger partial charge in [0, 0.05) is 23.6 Å². The fourth-order valence-corrected chi connectivity index (χ4v) is 4.53. The van der Waals surface area contributed by atoms with Gasteiger partial charge in [-0.3, -0.25) is 19.8 Å². The molecule has 0 aromatic heterocycles. The van der Waals surface area contributed by atoms with Crippen molar-refractivity contribution in [1.82, 2.24) is 16.2 Å². The van der Waals surface area contributed by atoms with Gasteiger partial charge in [-0.2, -0.15) is 11.8 Å². The van der Waals surface area contributed by atoms with Gasteiger partial charge in [0.25, 0.3) is 5.91 Å². The van der Waals surface area contributed by atoms with E-state index in [9.17, 15) is 19.5 Å². The first kappa shape index (κ1) is 28.2. The Morgan fingerprint density at radius 1 is 1.14 bits per heavy atom. The van der Waals surface area contributed by atoms with Crippen LogP contribution in [0.25, 0.3) is 0 Å². The van der Waals surface area contributed by atoms with Crippen LogP contribution < -0.4 is 16.2 Å². The molecule has 7 nitrogen and oxygen atoms in total. The van der Waals surface area contributed by atoms with E-state index in [-0.39, 0.29) is 12.3 Å². The maximum atomic E-state index is 12.7. The maximum Gasteiger partial charge on any atom is 0.311 e. The second-order valence-electron chi connectivity index (χ2n) is 8.92. The predicted octanol–water partition coefficient (Wildman–Crippen LogP) is 4.45. The number of rotatable bonds is 11. The van der Waals surface area contributed by atoms with Gasteiger partial charge in [0.15, 0.2) is 0 Å². The van der Waals surface area contributed by atoms with Crippen LogP contribution in [0.3, 0.4) is 0 Å². The lowest BCUT2D eigenvalue weighted by Gasteiger charge is -2.19. The minimum absolute atomic E-state index is 0.232. The molecule has 0 bridgehead atoms. The molecule has 1 aromatic rings. The van der Waals surface area contributed by atoms with Crippen molar-refractivity contribution in [3.05, 3.63) is 71.0 Å².